The summed E-state index contributed by atoms with van der Waals surface area (Å²) in [5.74, 6) is -0.365. The molecule has 6 heteroatoms. The van der Waals surface area contributed by atoms with Gasteiger partial charge in [0.2, 0.25) is 5.91 Å². The molecule has 0 saturated carbocycles. The highest BCUT2D eigenvalue weighted by Gasteiger charge is 2.30. The SMILES string of the molecule is CCNCCNC(=O)C(C)Cc1ccc(C(F)(F)F)cc1. The topological polar surface area (TPSA) is 41.1 Å². The Morgan fingerprint density at radius 2 is 1.81 bits per heavy atom. The van der Waals surface area contributed by atoms with Crippen molar-refractivity contribution in [3.05, 3.63) is 35.4 Å². The molecule has 2 N–H and O–H groups in total. The number of carbonyl (C=O) groups excluding carboxylic acids is 1. The number of nitrogens with one attached hydrogen (secondary N) is 2. The molecule has 0 aliphatic heterocycles. The van der Waals surface area contributed by atoms with Crippen LogP contribution in [0.25, 0.3) is 0 Å². The van der Waals surface area contributed by atoms with Crippen molar-refractivity contribution in [2.45, 2.75) is 26.4 Å². The molecule has 1 rings (SSSR count). The normalized spacial score (nSPS) is 13.0. The summed E-state index contributed by atoms with van der Waals surface area (Å²) < 4.78 is 37.3. The van der Waals surface area contributed by atoms with Gasteiger partial charge in [-0.25, -0.2) is 0 Å². The van der Waals surface area contributed by atoms with Crippen molar-refractivity contribution < 1.29 is 18.0 Å². The van der Waals surface area contributed by atoms with Crippen molar-refractivity contribution in [1.82, 2.24) is 10.6 Å². The minimum absolute atomic E-state index is 0.0900. The summed E-state index contributed by atoms with van der Waals surface area (Å²) in [6.07, 6.45) is -3.90. The molecule has 118 valence electrons. The average molecular weight is 302 g/mol. The molecule has 1 amide bonds. The summed E-state index contributed by atoms with van der Waals surface area (Å²) in [7, 11) is 0. The Labute approximate surface area is 122 Å². The van der Waals surface area contributed by atoms with E-state index in [-0.39, 0.29) is 11.8 Å². The minimum atomic E-state index is -4.33. The van der Waals surface area contributed by atoms with Gasteiger partial charge in [-0.2, -0.15) is 13.2 Å². The van der Waals surface area contributed by atoms with Gasteiger partial charge in [0.1, 0.15) is 0 Å². The molecule has 1 aromatic rings. The van der Waals surface area contributed by atoms with Gasteiger partial charge in [-0.15, -0.1) is 0 Å². The Balaban J connectivity index is 2.47. The van der Waals surface area contributed by atoms with E-state index in [0.29, 0.717) is 19.5 Å². The number of likely N-dealkylation sites (N-methyl/N-ethyl adjacent to an activating group) is 1. The van der Waals surface area contributed by atoms with E-state index in [2.05, 4.69) is 10.6 Å². The second-order valence-electron chi connectivity index (χ2n) is 4.94. The smallest absolute Gasteiger partial charge is 0.355 e. The fraction of sp³-hybridized carbons (Fsp3) is 0.533. The number of halogens is 3. The molecule has 21 heavy (non-hydrogen) atoms. The van der Waals surface area contributed by atoms with Crippen LogP contribution in [0.15, 0.2) is 24.3 Å². The lowest BCUT2D eigenvalue weighted by Crippen LogP contribution is -2.35. The van der Waals surface area contributed by atoms with Crippen LogP contribution in [-0.4, -0.2) is 25.5 Å². The maximum Gasteiger partial charge on any atom is 0.416 e. The molecule has 0 radical (unpaired) electrons. The van der Waals surface area contributed by atoms with E-state index in [0.717, 1.165) is 24.2 Å². The average Bonchev–Trinajstić information content (AvgIpc) is 2.43. The summed E-state index contributed by atoms with van der Waals surface area (Å²) in [6, 6.07) is 4.94. The highest BCUT2D eigenvalue weighted by Crippen LogP contribution is 2.29. The molecule has 0 fully saturated rings. The Morgan fingerprint density at radius 3 is 2.33 bits per heavy atom. The van der Waals surface area contributed by atoms with Crippen molar-refractivity contribution >= 4 is 5.91 Å². The van der Waals surface area contributed by atoms with Gasteiger partial charge in [0.05, 0.1) is 5.56 Å². The molecule has 1 atom stereocenters. The number of amides is 1. The van der Waals surface area contributed by atoms with Crippen LogP contribution < -0.4 is 10.6 Å². The second-order valence-corrected chi connectivity index (χ2v) is 4.94. The first-order valence-electron chi connectivity index (χ1n) is 6.99. The fourth-order valence-corrected chi connectivity index (χ4v) is 1.90. The Kier molecular flexibility index (Phi) is 6.68. The molecule has 1 unspecified atom stereocenters. The van der Waals surface area contributed by atoms with Crippen molar-refractivity contribution in [3.8, 4) is 0 Å². The maximum absolute atomic E-state index is 12.4. The van der Waals surface area contributed by atoms with Crippen molar-refractivity contribution in [1.29, 1.82) is 0 Å². The van der Waals surface area contributed by atoms with Gasteiger partial charge in [0, 0.05) is 19.0 Å². The van der Waals surface area contributed by atoms with E-state index in [9.17, 15) is 18.0 Å². The third-order valence-corrected chi connectivity index (χ3v) is 3.12. The summed E-state index contributed by atoms with van der Waals surface area (Å²) >= 11 is 0. The van der Waals surface area contributed by atoms with Crippen LogP contribution in [0.4, 0.5) is 13.2 Å². The lowest BCUT2D eigenvalue weighted by molar-refractivity contribution is -0.137. The van der Waals surface area contributed by atoms with E-state index in [4.69, 9.17) is 0 Å². The van der Waals surface area contributed by atoms with Crippen LogP contribution in [-0.2, 0) is 17.4 Å². The largest absolute Gasteiger partial charge is 0.416 e. The predicted octanol–water partition coefficient (Wildman–Crippen LogP) is 2.61. The first-order chi connectivity index (χ1) is 9.84. The standard InChI is InChI=1S/C15H21F3N2O/c1-3-19-8-9-20-14(21)11(2)10-12-4-6-13(7-5-12)15(16,17)18/h4-7,11,19H,3,8-10H2,1-2H3,(H,20,21). The molecule has 0 aliphatic carbocycles. The fourth-order valence-electron chi connectivity index (χ4n) is 1.90. The van der Waals surface area contributed by atoms with Crippen LogP contribution in [0, 0.1) is 5.92 Å². The number of carbonyl (C=O) groups is 1. The molecular formula is C15H21F3N2O. The molecule has 0 bridgehead atoms. The maximum atomic E-state index is 12.4. The highest BCUT2D eigenvalue weighted by atomic mass is 19.4. The Hall–Kier alpha value is -1.56. The number of rotatable bonds is 7. The number of alkyl halides is 3. The van der Waals surface area contributed by atoms with Gasteiger partial charge in [0.15, 0.2) is 0 Å². The summed E-state index contributed by atoms with van der Waals surface area (Å²) in [6.45, 7) is 5.84. The monoisotopic (exact) mass is 302 g/mol. The molecule has 1 aromatic carbocycles. The second kappa shape index (κ2) is 8.02. The van der Waals surface area contributed by atoms with Crippen LogP contribution in [0.2, 0.25) is 0 Å². The first kappa shape index (κ1) is 17.5. The zero-order valence-corrected chi connectivity index (χ0v) is 12.3. The molecule has 0 saturated heterocycles. The minimum Gasteiger partial charge on any atom is -0.355 e. The number of benzene rings is 1. The third kappa shape index (κ3) is 6.16. The highest BCUT2D eigenvalue weighted by molar-refractivity contribution is 5.78. The molecule has 0 spiro atoms. The molecule has 0 aliphatic rings. The molecule has 3 nitrogen and oxygen atoms in total. The van der Waals surface area contributed by atoms with Crippen molar-refractivity contribution in [2.24, 2.45) is 5.92 Å². The lowest BCUT2D eigenvalue weighted by atomic mass is 9.99. The third-order valence-electron chi connectivity index (χ3n) is 3.12. The van der Waals surface area contributed by atoms with Crippen LogP contribution in [0.3, 0.4) is 0 Å². The first-order valence-corrected chi connectivity index (χ1v) is 6.99. The van der Waals surface area contributed by atoms with Crippen molar-refractivity contribution in [2.75, 3.05) is 19.6 Å². The van der Waals surface area contributed by atoms with E-state index in [1.165, 1.54) is 12.1 Å². The number of hydrogen-bond acceptors (Lipinski definition) is 2. The van der Waals surface area contributed by atoms with Crippen molar-refractivity contribution in [3.63, 3.8) is 0 Å². The van der Waals surface area contributed by atoms with E-state index in [1.54, 1.807) is 6.92 Å². The quantitative estimate of drug-likeness (QED) is 0.760. The lowest BCUT2D eigenvalue weighted by Gasteiger charge is -2.13. The Morgan fingerprint density at radius 1 is 1.19 bits per heavy atom. The zero-order valence-electron chi connectivity index (χ0n) is 12.3. The van der Waals surface area contributed by atoms with Gasteiger partial charge in [-0.3, -0.25) is 4.79 Å². The van der Waals surface area contributed by atoms with Crippen LogP contribution >= 0.6 is 0 Å². The van der Waals surface area contributed by atoms with E-state index in [1.807, 2.05) is 6.92 Å². The van der Waals surface area contributed by atoms with E-state index >= 15 is 0 Å². The van der Waals surface area contributed by atoms with Gasteiger partial charge in [-0.05, 0) is 30.7 Å². The Bertz CT molecular complexity index is 443. The zero-order chi connectivity index (χ0) is 15.9. The molecule has 0 aromatic heterocycles. The molecular weight excluding hydrogens is 281 g/mol. The summed E-state index contributed by atoms with van der Waals surface area (Å²) in [5.41, 5.74) is 0.0475. The molecule has 0 heterocycles. The van der Waals surface area contributed by atoms with Crippen LogP contribution in [0.5, 0.6) is 0 Å². The summed E-state index contributed by atoms with van der Waals surface area (Å²) in [4.78, 5) is 11.8. The van der Waals surface area contributed by atoms with Gasteiger partial charge in [0.25, 0.3) is 0 Å². The predicted molar refractivity (Wildman–Crippen MR) is 75.9 cm³/mol. The van der Waals surface area contributed by atoms with E-state index < -0.39 is 11.7 Å². The van der Waals surface area contributed by atoms with Gasteiger partial charge >= 0.3 is 6.18 Å². The van der Waals surface area contributed by atoms with Gasteiger partial charge in [-0.1, -0.05) is 26.0 Å². The van der Waals surface area contributed by atoms with Gasteiger partial charge < -0.3 is 10.6 Å². The number of hydrogen-bond donors (Lipinski definition) is 2. The van der Waals surface area contributed by atoms with Crippen LogP contribution in [0.1, 0.15) is 25.0 Å². The summed E-state index contributed by atoms with van der Waals surface area (Å²) in [5, 5.41) is 5.88.